The van der Waals surface area contributed by atoms with Crippen molar-refractivity contribution in [2.24, 2.45) is 0 Å². The van der Waals surface area contributed by atoms with Gasteiger partial charge in [-0.05, 0) is 37.3 Å². The topological polar surface area (TPSA) is 61.4 Å². The van der Waals surface area contributed by atoms with Crippen molar-refractivity contribution in [2.75, 3.05) is 12.4 Å². The largest absolute Gasteiger partial charge is 0.508 e. The second-order valence-corrected chi connectivity index (χ2v) is 4.64. The lowest BCUT2D eigenvalue weighted by Gasteiger charge is -2.09. The molecule has 0 spiro atoms. The van der Waals surface area contributed by atoms with Crippen LogP contribution in [0.3, 0.4) is 0 Å². The molecule has 0 saturated heterocycles. The number of hydrogen-bond donors (Lipinski definition) is 3. The fraction of sp³-hybridized carbons (Fsp3) is 0.188. The first kappa shape index (κ1) is 13.9. The molecule has 2 aromatic carbocycles. The molecule has 0 atom stereocenters. The van der Waals surface area contributed by atoms with E-state index in [0.717, 1.165) is 16.8 Å². The molecule has 1 amide bonds. The first-order valence-corrected chi connectivity index (χ1v) is 6.44. The van der Waals surface area contributed by atoms with Gasteiger partial charge in [-0.15, -0.1) is 0 Å². The number of amides is 1. The van der Waals surface area contributed by atoms with Crippen LogP contribution in [0.5, 0.6) is 5.75 Å². The molecule has 2 aromatic rings. The Hall–Kier alpha value is -2.49. The van der Waals surface area contributed by atoms with Crippen molar-refractivity contribution in [1.82, 2.24) is 5.32 Å². The van der Waals surface area contributed by atoms with Gasteiger partial charge in [-0.1, -0.05) is 17.7 Å². The molecule has 104 valence electrons. The van der Waals surface area contributed by atoms with E-state index in [1.807, 2.05) is 31.2 Å². The molecule has 0 aliphatic rings. The van der Waals surface area contributed by atoms with E-state index in [2.05, 4.69) is 10.6 Å². The monoisotopic (exact) mass is 270 g/mol. The van der Waals surface area contributed by atoms with Crippen molar-refractivity contribution in [1.29, 1.82) is 0 Å². The van der Waals surface area contributed by atoms with Gasteiger partial charge in [0, 0.05) is 30.4 Å². The number of carbonyl (C=O) groups excluding carboxylic acids is 1. The van der Waals surface area contributed by atoms with Gasteiger partial charge in [0.15, 0.2) is 0 Å². The third kappa shape index (κ3) is 3.29. The van der Waals surface area contributed by atoms with E-state index in [1.165, 1.54) is 0 Å². The minimum atomic E-state index is -0.104. The van der Waals surface area contributed by atoms with Crippen LogP contribution in [0.4, 0.5) is 5.69 Å². The molecule has 0 bridgehead atoms. The highest BCUT2D eigenvalue weighted by Crippen LogP contribution is 2.20. The molecule has 0 heterocycles. The second-order valence-electron chi connectivity index (χ2n) is 4.64. The van der Waals surface area contributed by atoms with Crippen LogP contribution in [0.1, 0.15) is 21.5 Å². The van der Waals surface area contributed by atoms with Crippen molar-refractivity contribution in [3.63, 3.8) is 0 Å². The maximum absolute atomic E-state index is 11.4. The quantitative estimate of drug-likeness (QED) is 0.800. The minimum absolute atomic E-state index is 0.104. The summed E-state index contributed by atoms with van der Waals surface area (Å²) >= 11 is 0. The van der Waals surface area contributed by atoms with E-state index in [-0.39, 0.29) is 11.7 Å². The van der Waals surface area contributed by atoms with Gasteiger partial charge in [0.1, 0.15) is 5.75 Å². The van der Waals surface area contributed by atoms with E-state index in [4.69, 9.17) is 0 Å². The summed E-state index contributed by atoms with van der Waals surface area (Å²) in [5.74, 6) is 0.179. The van der Waals surface area contributed by atoms with Gasteiger partial charge in [0.05, 0.1) is 0 Å². The standard InChI is InChI=1S/C16H18N2O2/c1-11-3-8-15(19)13(9-11)10-18-14-6-4-12(5-7-14)16(20)17-2/h3-9,18-19H,10H2,1-2H3,(H,17,20). The number of aromatic hydroxyl groups is 1. The summed E-state index contributed by atoms with van der Waals surface area (Å²) in [6, 6.07) is 12.7. The van der Waals surface area contributed by atoms with Crippen molar-refractivity contribution in [3.05, 3.63) is 59.2 Å². The molecule has 0 aromatic heterocycles. The lowest BCUT2D eigenvalue weighted by atomic mass is 10.1. The molecule has 0 radical (unpaired) electrons. The van der Waals surface area contributed by atoms with Gasteiger partial charge < -0.3 is 15.7 Å². The lowest BCUT2D eigenvalue weighted by molar-refractivity contribution is 0.0963. The number of aryl methyl sites for hydroxylation is 1. The zero-order valence-corrected chi connectivity index (χ0v) is 11.6. The Morgan fingerprint density at radius 2 is 1.85 bits per heavy atom. The highest BCUT2D eigenvalue weighted by Gasteiger charge is 2.04. The highest BCUT2D eigenvalue weighted by atomic mass is 16.3. The Balaban J connectivity index is 2.04. The summed E-state index contributed by atoms with van der Waals surface area (Å²) in [6.45, 7) is 2.52. The number of nitrogens with one attached hydrogen (secondary N) is 2. The van der Waals surface area contributed by atoms with E-state index in [0.29, 0.717) is 12.1 Å². The van der Waals surface area contributed by atoms with Crippen molar-refractivity contribution in [2.45, 2.75) is 13.5 Å². The van der Waals surface area contributed by atoms with Crippen LogP contribution in [0.15, 0.2) is 42.5 Å². The summed E-state index contributed by atoms with van der Waals surface area (Å²) in [5.41, 5.74) is 3.48. The first-order chi connectivity index (χ1) is 9.60. The van der Waals surface area contributed by atoms with Gasteiger partial charge in [-0.25, -0.2) is 0 Å². The summed E-state index contributed by atoms with van der Waals surface area (Å²) in [4.78, 5) is 11.4. The van der Waals surface area contributed by atoms with Crippen LogP contribution in [-0.2, 0) is 6.54 Å². The third-order valence-corrected chi connectivity index (χ3v) is 3.09. The summed E-state index contributed by atoms with van der Waals surface area (Å²) in [7, 11) is 1.61. The van der Waals surface area contributed by atoms with E-state index in [9.17, 15) is 9.90 Å². The second kappa shape index (κ2) is 6.10. The van der Waals surface area contributed by atoms with E-state index in [1.54, 1.807) is 25.2 Å². The van der Waals surface area contributed by atoms with Crippen LogP contribution in [0.2, 0.25) is 0 Å². The van der Waals surface area contributed by atoms with Gasteiger partial charge in [0.25, 0.3) is 5.91 Å². The number of rotatable bonds is 4. The maximum Gasteiger partial charge on any atom is 0.251 e. The normalized spacial score (nSPS) is 10.1. The molecule has 0 fully saturated rings. The Labute approximate surface area is 118 Å². The molecule has 2 rings (SSSR count). The summed E-state index contributed by atoms with van der Waals surface area (Å²) in [6.07, 6.45) is 0. The molecular formula is C16H18N2O2. The number of benzene rings is 2. The van der Waals surface area contributed by atoms with Gasteiger partial charge in [-0.2, -0.15) is 0 Å². The smallest absolute Gasteiger partial charge is 0.251 e. The third-order valence-electron chi connectivity index (χ3n) is 3.09. The predicted molar refractivity (Wildman–Crippen MR) is 80.0 cm³/mol. The van der Waals surface area contributed by atoms with Crippen LogP contribution >= 0.6 is 0 Å². The number of hydrogen-bond acceptors (Lipinski definition) is 3. The average molecular weight is 270 g/mol. The van der Waals surface area contributed by atoms with Crippen LogP contribution in [0, 0.1) is 6.92 Å². The fourth-order valence-electron chi connectivity index (χ4n) is 1.94. The molecule has 20 heavy (non-hydrogen) atoms. The lowest BCUT2D eigenvalue weighted by Crippen LogP contribution is -2.17. The predicted octanol–water partition coefficient (Wildman–Crippen LogP) is 2.67. The number of phenolic OH excluding ortho intramolecular Hbond substituents is 1. The van der Waals surface area contributed by atoms with E-state index >= 15 is 0 Å². The Morgan fingerprint density at radius 3 is 2.50 bits per heavy atom. The summed E-state index contributed by atoms with van der Waals surface area (Å²) in [5, 5.41) is 15.6. The molecular weight excluding hydrogens is 252 g/mol. The minimum Gasteiger partial charge on any atom is -0.508 e. The van der Waals surface area contributed by atoms with Crippen LogP contribution < -0.4 is 10.6 Å². The molecule has 0 unspecified atom stereocenters. The van der Waals surface area contributed by atoms with Crippen molar-refractivity contribution < 1.29 is 9.90 Å². The molecule has 0 aliphatic carbocycles. The number of carbonyl (C=O) groups is 1. The SMILES string of the molecule is CNC(=O)c1ccc(NCc2cc(C)ccc2O)cc1. The molecule has 0 saturated carbocycles. The average Bonchev–Trinajstić information content (AvgIpc) is 2.48. The van der Waals surface area contributed by atoms with Gasteiger partial charge in [0.2, 0.25) is 0 Å². The van der Waals surface area contributed by atoms with Crippen LogP contribution in [0.25, 0.3) is 0 Å². The molecule has 4 heteroatoms. The van der Waals surface area contributed by atoms with Gasteiger partial charge in [-0.3, -0.25) is 4.79 Å². The summed E-state index contributed by atoms with van der Waals surface area (Å²) < 4.78 is 0. The molecule has 3 N–H and O–H groups in total. The molecule has 0 aliphatic heterocycles. The van der Waals surface area contributed by atoms with Crippen molar-refractivity contribution in [3.8, 4) is 5.75 Å². The number of anilines is 1. The zero-order chi connectivity index (χ0) is 14.5. The van der Waals surface area contributed by atoms with Gasteiger partial charge >= 0.3 is 0 Å². The van der Waals surface area contributed by atoms with E-state index < -0.39 is 0 Å². The Morgan fingerprint density at radius 1 is 1.15 bits per heavy atom. The van der Waals surface area contributed by atoms with Crippen molar-refractivity contribution >= 4 is 11.6 Å². The fourth-order valence-corrected chi connectivity index (χ4v) is 1.94. The zero-order valence-electron chi connectivity index (χ0n) is 11.6. The number of phenols is 1. The highest BCUT2D eigenvalue weighted by molar-refractivity contribution is 5.94. The first-order valence-electron chi connectivity index (χ1n) is 6.44. The van der Waals surface area contributed by atoms with Crippen LogP contribution in [-0.4, -0.2) is 18.1 Å². The maximum atomic E-state index is 11.4. The Bertz CT molecular complexity index is 606. The Kier molecular flexibility index (Phi) is 4.25. The molecule has 4 nitrogen and oxygen atoms in total.